The zero-order chi connectivity index (χ0) is 23.5. The number of hydrogen-bond acceptors (Lipinski definition) is 6. The number of rotatable bonds is 12. The Morgan fingerprint density at radius 2 is 1.43 bits per heavy atom. The average Bonchev–Trinajstić information content (AvgIpc) is 2.65. The van der Waals surface area contributed by atoms with E-state index >= 15 is 0 Å². The molecule has 0 aliphatic rings. The molecule has 10 nitrogen and oxygen atoms in total. The summed E-state index contributed by atoms with van der Waals surface area (Å²) in [6, 6.07) is -1.78. The van der Waals surface area contributed by atoms with Gasteiger partial charge in [0.15, 0.2) is 0 Å². The number of hydrogen-bond donors (Lipinski definition) is 5. The van der Waals surface area contributed by atoms with Gasteiger partial charge in [0.1, 0.15) is 6.04 Å². The largest absolute Gasteiger partial charge is 0.349 e. The van der Waals surface area contributed by atoms with Gasteiger partial charge in [-0.2, -0.15) is 0 Å². The molecule has 4 amide bonds. The second kappa shape index (κ2) is 12.9. The second-order valence-corrected chi connectivity index (χ2v) is 8.67. The van der Waals surface area contributed by atoms with Crippen LogP contribution in [0.5, 0.6) is 0 Å². The first kappa shape index (κ1) is 27.5. The van der Waals surface area contributed by atoms with Crippen molar-refractivity contribution in [3.63, 3.8) is 0 Å². The summed E-state index contributed by atoms with van der Waals surface area (Å²) in [6.07, 6.45) is 0.232. The predicted molar refractivity (Wildman–Crippen MR) is 113 cm³/mol. The lowest BCUT2D eigenvalue weighted by Gasteiger charge is -2.22. The van der Waals surface area contributed by atoms with E-state index in [2.05, 4.69) is 26.6 Å². The highest BCUT2D eigenvalue weighted by Gasteiger charge is 2.27. The minimum Gasteiger partial charge on any atom is -0.349 e. The third-order valence-electron chi connectivity index (χ3n) is 4.09. The van der Waals surface area contributed by atoms with Crippen LogP contribution in [-0.4, -0.2) is 68.2 Å². The predicted octanol–water partition coefficient (Wildman–Crippen LogP) is -0.911. The van der Waals surface area contributed by atoms with E-state index in [1.807, 2.05) is 20.8 Å². The summed E-state index contributed by atoms with van der Waals surface area (Å²) >= 11 is 0. The van der Waals surface area contributed by atoms with Crippen LogP contribution in [0.15, 0.2) is 0 Å². The van der Waals surface area contributed by atoms with Gasteiger partial charge in [0, 0.05) is 6.54 Å². The van der Waals surface area contributed by atoms with Crippen LogP contribution in [0.2, 0.25) is 0 Å². The fourth-order valence-corrected chi connectivity index (χ4v) is 2.39. The van der Waals surface area contributed by atoms with E-state index in [0.29, 0.717) is 6.54 Å². The summed E-state index contributed by atoms with van der Waals surface area (Å²) < 4.78 is 0. The molecule has 0 bridgehead atoms. The van der Waals surface area contributed by atoms with Crippen molar-refractivity contribution in [2.45, 2.75) is 60.0 Å². The van der Waals surface area contributed by atoms with Crippen molar-refractivity contribution >= 4 is 29.4 Å². The molecule has 0 saturated heterocycles. The zero-order valence-electron chi connectivity index (χ0n) is 19.1. The molecule has 0 aromatic carbocycles. The van der Waals surface area contributed by atoms with E-state index in [4.69, 9.17) is 0 Å². The van der Waals surface area contributed by atoms with Crippen LogP contribution < -0.4 is 26.6 Å². The minimum absolute atomic E-state index is 0.0640. The molecule has 0 saturated carbocycles. The number of Topliss-reactive ketones (excluding diaryl/α,β-unsaturated/α-hetero) is 1. The lowest BCUT2D eigenvalue weighted by atomic mass is 9.97. The van der Waals surface area contributed by atoms with Crippen LogP contribution >= 0.6 is 0 Å². The molecule has 0 aromatic heterocycles. The normalized spacial score (nSPS) is 13.2. The fourth-order valence-electron chi connectivity index (χ4n) is 2.39. The molecule has 2 atom stereocenters. The first-order valence-electron chi connectivity index (χ1n) is 10.2. The molecular formula is C20H37N5O5. The van der Waals surface area contributed by atoms with Gasteiger partial charge in [0.2, 0.25) is 23.5 Å². The molecule has 0 fully saturated rings. The van der Waals surface area contributed by atoms with Gasteiger partial charge < -0.3 is 26.6 Å². The van der Waals surface area contributed by atoms with Crippen LogP contribution in [0, 0.1) is 11.3 Å². The first-order chi connectivity index (χ1) is 13.8. The Morgan fingerprint density at radius 3 is 1.90 bits per heavy atom. The Kier molecular flexibility index (Phi) is 11.9. The summed E-state index contributed by atoms with van der Waals surface area (Å²) in [6.45, 7) is 11.0. The lowest BCUT2D eigenvalue weighted by molar-refractivity contribution is -0.140. The lowest BCUT2D eigenvalue weighted by Crippen LogP contribution is -2.54. The summed E-state index contributed by atoms with van der Waals surface area (Å²) in [5, 5.41) is 12.8. The van der Waals surface area contributed by atoms with Crippen molar-refractivity contribution < 1.29 is 24.0 Å². The average molecular weight is 428 g/mol. The Morgan fingerprint density at radius 1 is 0.867 bits per heavy atom. The minimum atomic E-state index is -0.981. The van der Waals surface area contributed by atoms with Gasteiger partial charge in [-0.05, 0) is 24.8 Å². The Balaban J connectivity index is 4.73. The SMILES string of the molecule is CCC(NC(=O)CNC(=O)C(NC(=O)CNC)C(C)C)C(=O)C(=O)NCC(C)(C)C. The molecule has 2 unspecified atom stereocenters. The topological polar surface area (TPSA) is 146 Å². The monoisotopic (exact) mass is 427 g/mol. The molecule has 0 heterocycles. The first-order valence-corrected chi connectivity index (χ1v) is 10.2. The smallest absolute Gasteiger partial charge is 0.289 e. The fraction of sp³-hybridized carbons (Fsp3) is 0.750. The zero-order valence-corrected chi connectivity index (χ0v) is 19.1. The number of amides is 4. The van der Waals surface area contributed by atoms with Gasteiger partial charge in [-0.25, -0.2) is 0 Å². The van der Waals surface area contributed by atoms with Crippen molar-refractivity contribution in [1.29, 1.82) is 0 Å². The third kappa shape index (κ3) is 10.9. The van der Waals surface area contributed by atoms with E-state index in [1.54, 1.807) is 27.8 Å². The van der Waals surface area contributed by atoms with Gasteiger partial charge in [-0.1, -0.05) is 41.5 Å². The van der Waals surface area contributed by atoms with Crippen molar-refractivity contribution in [2.24, 2.45) is 11.3 Å². The number of ketones is 1. The molecular weight excluding hydrogens is 390 g/mol. The molecule has 0 aliphatic carbocycles. The van der Waals surface area contributed by atoms with Crippen LogP contribution in [0.1, 0.15) is 48.0 Å². The Labute approximate surface area is 178 Å². The van der Waals surface area contributed by atoms with Gasteiger partial charge in [0.05, 0.1) is 19.1 Å². The van der Waals surface area contributed by atoms with Gasteiger partial charge >= 0.3 is 0 Å². The molecule has 0 spiro atoms. The van der Waals surface area contributed by atoms with E-state index in [9.17, 15) is 24.0 Å². The molecule has 0 radical (unpaired) electrons. The van der Waals surface area contributed by atoms with E-state index < -0.39 is 35.6 Å². The standard InChI is InChI=1S/C20H37N5O5/c1-8-13(17(28)19(30)23-11-20(4,5)6)24-15(27)10-22-18(29)16(12(2)3)25-14(26)9-21-7/h12-13,16,21H,8-11H2,1-7H3,(H,22,29)(H,23,30)(H,24,27)(H,25,26). The summed E-state index contributed by atoms with van der Waals surface area (Å²) in [5.41, 5.74) is -0.180. The van der Waals surface area contributed by atoms with Crippen molar-refractivity contribution in [3.05, 3.63) is 0 Å². The number of carbonyl (C=O) groups is 5. The number of likely N-dealkylation sites (N-methyl/N-ethyl adjacent to an activating group) is 1. The van der Waals surface area contributed by atoms with Crippen LogP contribution in [-0.2, 0) is 24.0 Å². The molecule has 0 rings (SSSR count). The molecule has 172 valence electrons. The van der Waals surface area contributed by atoms with Crippen molar-refractivity contribution in [3.8, 4) is 0 Å². The van der Waals surface area contributed by atoms with E-state index in [0.717, 1.165) is 0 Å². The molecule has 10 heteroatoms. The van der Waals surface area contributed by atoms with Gasteiger partial charge in [-0.3, -0.25) is 24.0 Å². The quantitative estimate of drug-likeness (QED) is 0.255. The van der Waals surface area contributed by atoms with Crippen LogP contribution in [0.25, 0.3) is 0 Å². The Bertz CT molecular complexity index is 628. The van der Waals surface area contributed by atoms with Gasteiger partial charge in [-0.15, -0.1) is 0 Å². The second-order valence-electron chi connectivity index (χ2n) is 8.67. The van der Waals surface area contributed by atoms with Crippen LogP contribution in [0.4, 0.5) is 0 Å². The number of carbonyl (C=O) groups excluding carboxylic acids is 5. The highest BCUT2D eigenvalue weighted by molar-refractivity contribution is 6.38. The molecule has 5 N–H and O–H groups in total. The summed E-state index contributed by atoms with van der Waals surface area (Å²) in [4.78, 5) is 60.6. The Hall–Kier alpha value is -2.49. The summed E-state index contributed by atoms with van der Waals surface area (Å²) in [7, 11) is 1.61. The molecule has 0 aliphatic heterocycles. The summed E-state index contributed by atoms with van der Waals surface area (Å²) in [5.74, 6) is -3.13. The maximum absolute atomic E-state index is 12.3. The van der Waals surface area contributed by atoms with Crippen molar-refractivity contribution in [2.75, 3.05) is 26.7 Å². The molecule has 30 heavy (non-hydrogen) atoms. The van der Waals surface area contributed by atoms with Gasteiger partial charge in [0.25, 0.3) is 5.91 Å². The molecule has 0 aromatic rings. The van der Waals surface area contributed by atoms with Crippen LogP contribution in [0.3, 0.4) is 0 Å². The number of nitrogens with one attached hydrogen (secondary N) is 5. The highest BCUT2D eigenvalue weighted by Crippen LogP contribution is 2.10. The highest BCUT2D eigenvalue weighted by atomic mass is 16.2. The maximum Gasteiger partial charge on any atom is 0.289 e. The van der Waals surface area contributed by atoms with E-state index in [-0.39, 0.29) is 36.8 Å². The third-order valence-corrected chi connectivity index (χ3v) is 4.09. The maximum atomic E-state index is 12.3. The van der Waals surface area contributed by atoms with Crippen molar-refractivity contribution in [1.82, 2.24) is 26.6 Å². The van der Waals surface area contributed by atoms with E-state index in [1.165, 1.54) is 0 Å².